The molecule has 0 aromatic carbocycles. The molecule has 0 atom stereocenters. The third-order valence-corrected chi connectivity index (χ3v) is 3.11. The summed E-state index contributed by atoms with van der Waals surface area (Å²) < 4.78 is 0. The Hall–Kier alpha value is 1.04. The van der Waals surface area contributed by atoms with E-state index < -0.39 is 0 Å². The van der Waals surface area contributed by atoms with Crippen LogP contribution in [0, 0.1) is 0 Å². The maximum absolute atomic E-state index is 5.73. The molecule has 0 radical (unpaired) electrons. The molecule has 1 rings (SSSR count). The second kappa shape index (κ2) is 14.4. The summed E-state index contributed by atoms with van der Waals surface area (Å²) >= 11 is 5.73. The molecule has 3 nitrogen and oxygen atoms in total. The Morgan fingerprint density at radius 1 is 0.889 bits per heavy atom. The number of halogens is 4. The average molecular weight is 343 g/mol. The first-order valence-corrected chi connectivity index (χ1v) is 6.41. The Morgan fingerprint density at radius 2 is 1.33 bits per heavy atom. The minimum Gasteiger partial charge on any atom is -0.309 e. The van der Waals surface area contributed by atoms with Crippen molar-refractivity contribution in [3.05, 3.63) is 0 Å². The van der Waals surface area contributed by atoms with Crippen LogP contribution in [0.5, 0.6) is 0 Å². The van der Waals surface area contributed by atoms with E-state index in [0.717, 1.165) is 12.4 Å². The van der Waals surface area contributed by atoms with Gasteiger partial charge in [-0.1, -0.05) is 0 Å². The summed E-state index contributed by atoms with van der Waals surface area (Å²) in [5, 5.41) is 0. The number of hydrogen-bond donors (Lipinski definition) is 0. The van der Waals surface area contributed by atoms with E-state index in [1.54, 1.807) is 0 Å². The monoisotopic (exact) mass is 341 g/mol. The Morgan fingerprint density at radius 3 is 1.72 bits per heavy atom. The van der Waals surface area contributed by atoms with Crippen molar-refractivity contribution in [2.24, 2.45) is 0 Å². The van der Waals surface area contributed by atoms with Crippen LogP contribution in [0.2, 0.25) is 0 Å². The van der Waals surface area contributed by atoms with Gasteiger partial charge in [-0.05, 0) is 33.6 Å². The van der Waals surface area contributed by atoms with Crippen LogP contribution in [0.4, 0.5) is 0 Å². The zero-order valence-corrected chi connectivity index (χ0v) is 14.5. The number of alkyl halides is 1. The molecule has 0 unspecified atom stereocenters. The van der Waals surface area contributed by atoms with Crippen LogP contribution in [-0.4, -0.2) is 80.5 Å². The van der Waals surface area contributed by atoms with Crippen molar-refractivity contribution < 1.29 is 0 Å². The van der Waals surface area contributed by atoms with Gasteiger partial charge in [0.2, 0.25) is 0 Å². The SMILES string of the molecule is CN(C)CCCN1CCN(CCCl)CC1.Cl.Cl.Cl. The molecule has 0 saturated carbocycles. The third-order valence-electron chi connectivity index (χ3n) is 2.95. The molecule has 0 aliphatic carbocycles. The Kier molecular flexibility index (Phi) is 19.3. The highest BCUT2D eigenvalue weighted by Gasteiger charge is 2.15. The van der Waals surface area contributed by atoms with Gasteiger partial charge in [-0.15, -0.1) is 48.8 Å². The molecule has 1 saturated heterocycles. The maximum Gasteiger partial charge on any atom is 0.0351 e. The van der Waals surface area contributed by atoms with Crippen molar-refractivity contribution >= 4 is 48.8 Å². The van der Waals surface area contributed by atoms with Crippen LogP contribution < -0.4 is 0 Å². The Balaban J connectivity index is -0.000000750. The summed E-state index contributed by atoms with van der Waals surface area (Å²) in [6.07, 6.45) is 1.28. The van der Waals surface area contributed by atoms with Crippen molar-refractivity contribution in [3.8, 4) is 0 Å². The number of rotatable bonds is 6. The average Bonchev–Trinajstić information content (AvgIpc) is 2.20. The van der Waals surface area contributed by atoms with E-state index in [2.05, 4.69) is 28.8 Å². The highest BCUT2D eigenvalue weighted by molar-refractivity contribution is 6.18. The van der Waals surface area contributed by atoms with E-state index in [-0.39, 0.29) is 37.2 Å². The summed E-state index contributed by atoms with van der Waals surface area (Å²) in [7, 11) is 4.27. The molecule has 114 valence electrons. The largest absolute Gasteiger partial charge is 0.309 e. The molecular formula is C11H27Cl4N3. The van der Waals surface area contributed by atoms with E-state index in [1.165, 1.54) is 45.7 Å². The fourth-order valence-electron chi connectivity index (χ4n) is 1.97. The zero-order chi connectivity index (χ0) is 11.1. The van der Waals surface area contributed by atoms with Gasteiger partial charge in [0.05, 0.1) is 0 Å². The molecule has 0 bridgehead atoms. The quantitative estimate of drug-likeness (QED) is 0.684. The topological polar surface area (TPSA) is 9.72 Å². The van der Waals surface area contributed by atoms with Crippen molar-refractivity contribution in [2.45, 2.75) is 6.42 Å². The van der Waals surface area contributed by atoms with Crippen molar-refractivity contribution in [1.82, 2.24) is 14.7 Å². The van der Waals surface area contributed by atoms with Gasteiger partial charge in [0.15, 0.2) is 0 Å². The van der Waals surface area contributed by atoms with Crippen molar-refractivity contribution in [3.63, 3.8) is 0 Å². The lowest BCUT2D eigenvalue weighted by molar-refractivity contribution is 0.134. The normalized spacial score (nSPS) is 16.7. The second-order valence-corrected chi connectivity index (χ2v) is 4.91. The highest BCUT2D eigenvalue weighted by Crippen LogP contribution is 2.02. The van der Waals surface area contributed by atoms with E-state index >= 15 is 0 Å². The van der Waals surface area contributed by atoms with Crippen LogP contribution in [0.15, 0.2) is 0 Å². The van der Waals surface area contributed by atoms with Crippen molar-refractivity contribution in [1.29, 1.82) is 0 Å². The van der Waals surface area contributed by atoms with Gasteiger partial charge in [-0.25, -0.2) is 0 Å². The summed E-state index contributed by atoms with van der Waals surface area (Å²) in [4.78, 5) is 7.27. The molecule has 1 aliphatic heterocycles. The van der Waals surface area contributed by atoms with Gasteiger partial charge in [-0.3, -0.25) is 4.90 Å². The molecule has 1 aliphatic rings. The molecule has 0 amide bonds. The van der Waals surface area contributed by atoms with Crippen LogP contribution in [0.1, 0.15) is 6.42 Å². The second-order valence-electron chi connectivity index (χ2n) is 4.53. The molecule has 0 aromatic rings. The van der Waals surface area contributed by atoms with Gasteiger partial charge >= 0.3 is 0 Å². The third kappa shape index (κ3) is 10.9. The maximum atomic E-state index is 5.73. The summed E-state index contributed by atoms with van der Waals surface area (Å²) in [5.41, 5.74) is 0. The molecule has 7 heteroatoms. The minimum atomic E-state index is 0. The van der Waals surface area contributed by atoms with Crippen LogP contribution >= 0.6 is 48.8 Å². The zero-order valence-electron chi connectivity index (χ0n) is 11.3. The highest BCUT2D eigenvalue weighted by atomic mass is 35.5. The Labute approximate surface area is 135 Å². The predicted octanol–water partition coefficient (Wildman–Crippen LogP) is 2.06. The van der Waals surface area contributed by atoms with Crippen LogP contribution in [0.25, 0.3) is 0 Å². The lowest BCUT2D eigenvalue weighted by Gasteiger charge is -2.34. The lowest BCUT2D eigenvalue weighted by atomic mass is 10.3. The molecule has 1 fully saturated rings. The Bertz CT molecular complexity index is 164. The van der Waals surface area contributed by atoms with Crippen LogP contribution in [-0.2, 0) is 0 Å². The molecule has 1 heterocycles. The molecule has 18 heavy (non-hydrogen) atoms. The van der Waals surface area contributed by atoms with Crippen molar-refractivity contribution in [2.75, 3.05) is 65.8 Å². The minimum absolute atomic E-state index is 0. The standard InChI is InChI=1S/C11H24ClN3.3ClH/c1-13(2)5-3-6-14-8-10-15(7-4-12)11-9-14;;;/h3-11H2,1-2H3;3*1H. The first-order valence-electron chi connectivity index (χ1n) is 5.88. The fraction of sp³-hybridized carbons (Fsp3) is 1.00. The van der Waals surface area contributed by atoms with Gasteiger partial charge in [0.25, 0.3) is 0 Å². The number of piperazine rings is 1. The smallest absolute Gasteiger partial charge is 0.0351 e. The summed E-state index contributed by atoms with van der Waals surface area (Å²) in [6, 6.07) is 0. The van der Waals surface area contributed by atoms with E-state index in [0.29, 0.717) is 0 Å². The van der Waals surface area contributed by atoms with Gasteiger partial charge in [0, 0.05) is 38.6 Å². The molecule has 0 spiro atoms. The van der Waals surface area contributed by atoms with Gasteiger partial charge in [-0.2, -0.15) is 0 Å². The predicted molar refractivity (Wildman–Crippen MR) is 88.5 cm³/mol. The van der Waals surface area contributed by atoms with Gasteiger partial charge < -0.3 is 9.80 Å². The first kappa shape index (κ1) is 24.1. The molecule has 0 aromatic heterocycles. The number of hydrogen-bond acceptors (Lipinski definition) is 3. The van der Waals surface area contributed by atoms with E-state index in [1.807, 2.05) is 0 Å². The number of nitrogens with zero attached hydrogens (tertiary/aromatic N) is 3. The van der Waals surface area contributed by atoms with E-state index in [9.17, 15) is 0 Å². The lowest BCUT2D eigenvalue weighted by Crippen LogP contribution is -2.47. The first-order chi connectivity index (χ1) is 7.22. The van der Waals surface area contributed by atoms with Gasteiger partial charge in [0.1, 0.15) is 0 Å². The van der Waals surface area contributed by atoms with E-state index in [4.69, 9.17) is 11.6 Å². The molecular weight excluding hydrogens is 316 g/mol. The van der Waals surface area contributed by atoms with Crippen LogP contribution in [0.3, 0.4) is 0 Å². The fourth-order valence-corrected chi connectivity index (χ4v) is 2.21. The summed E-state index contributed by atoms with van der Waals surface area (Å²) in [6.45, 7) is 8.29. The summed E-state index contributed by atoms with van der Waals surface area (Å²) in [5.74, 6) is 0.765. The molecule has 0 N–H and O–H groups in total.